The molecule has 3 aromatic rings. The second kappa shape index (κ2) is 9.55. The fraction of sp³-hybridized carbons (Fsp3) is 0.238. The average Bonchev–Trinajstić information content (AvgIpc) is 3.10. The molecular formula is C21H23BrN4O3S. The van der Waals surface area contributed by atoms with Crippen molar-refractivity contribution in [3.8, 4) is 5.69 Å². The Bertz CT molecular complexity index is 1140. The number of sulfonamides is 1. The van der Waals surface area contributed by atoms with Crippen molar-refractivity contribution in [3.05, 3.63) is 70.5 Å². The number of nitrogens with zero attached hydrogens (tertiary/aromatic N) is 2. The van der Waals surface area contributed by atoms with Gasteiger partial charge in [0.1, 0.15) is 0 Å². The van der Waals surface area contributed by atoms with E-state index in [1.807, 2.05) is 38.1 Å². The molecule has 3 rings (SSSR count). The number of rotatable bonds is 8. The highest BCUT2D eigenvalue weighted by Crippen LogP contribution is 2.20. The lowest BCUT2D eigenvalue weighted by atomic mass is 10.2. The van der Waals surface area contributed by atoms with Crippen molar-refractivity contribution < 1.29 is 13.2 Å². The molecule has 0 saturated carbocycles. The van der Waals surface area contributed by atoms with Crippen LogP contribution in [-0.2, 0) is 10.0 Å². The Morgan fingerprint density at radius 1 is 1.17 bits per heavy atom. The Hall–Kier alpha value is -2.49. The minimum absolute atomic E-state index is 0.110. The van der Waals surface area contributed by atoms with Gasteiger partial charge in [-0.05, 0) is 55.8 Å². The molecule has 0 saturated heterocycles. The first-order chi connectivity index (χ1) is 14.3. The van der Waals surface area contributed by atoms with Crippen LogP contribution in [0.5, 0.6) is 0 Å². The number of hydrogen-bond donors (Lipinski definition) is 2. The Balaban J connectivity index is 1.78. The van der Waals surface area contributed by atoms with Gasteiger partial charge in [-0.1, -0.05) is 35.3 Å². The minimum Gasteiger partial charge on any atom is -0.322 e. The summed E-state index contributed by atoms with van der Waals surface area (Å²) in [6, 6.07) is 13.8. The van der Waals surface area contributed by atoms with Gasteiger partial charge in [-0.2, -0.15) is 5.10 Å². The molecular weight excluding hydrogens is 468 g/mol. The van der Waals surface area contributed by atoms with E-state index < -0.39 is 10.0 Å². The summed E-state index contributed by atoms with van der Waals surface area (Å²) in [6.07, 6.45) is 3.16. The van der Waals surface area contributed by atoms with E-state index >= 15 is 0 Å². The van der Waals surface area contributed by atoms with E-state index in [0.717, 1.165) is 23.0 Å². The van der Waals surface area contributed by atoms with Crippen LogP contribution in [0.25, 0.3) is 5.69 Å². The molecule has 0 fully saturated rings. The zero-order valence-electron chi connectivity index (χ0n) is 16.7. The number of hydrogen-bond acceptors (Lipinski definition) is 4. The molecule has 30 heavy (non-hydrogen) atoms. The Morgan fingerprint density at radius 2 is 1.90 bits per heavy atom. The summed E-state index contributed by atoms with van der Waals surface area (Å²) >= 11 is 3.40. The summed E-state index contributed by atoms with van der Waals surface area (Å²) in [7, 11) is -3.62. The first kappa shape index (κ1) is 22.2. The molecule has 2 N–H and O–H groups in total. The molecule has 0 aliphatic carbocycles. The van der Waals surface area contributed by atoms with Crippen molar-refractivity contribution in [3.63, 3.8) is 0 Å². The van der Waals surface area contributed by atoms with Gasteiger partial charge in [0.2, 0.25) is 10.0 Å². The van der Waals surface area contributed by atoms with E-state index in [1.54, 1.807) is 16.8 Å². The standard InChI is InChI=1S/C21H23BrN4O3S/c1-3-4-12-24-30(28,29)19-7-5-6-17(13-19)25-21(27)20-14-23-26(15(20)2)18-10-8-16(22)9-11-18/h5-11,13-14,24H,3-4,12H2,1-2H3,(H,25,27). The van der Waals surface area contributed by atoms with Crippen LogP contribution in [0, 0.1) is 6.92 Å². The smallest absolute Gasteiger partial charge is 0.259 e. The number of aromatic nitrogens is 2. The zero-order chi connectivity index (χ0) is 21.7. The maximum absolute atomic E-state index is 12.8. The third kappa shape index (κ3) is 5.16. The van der Waals surface area contributed by atoms with Crippen LogP contribution >= 0.6 is 15.9 Å². The van der Waals surface area contributed by atoms with Crippen LogP contribution in [0.2, 0.25) is 0 Å². The quantitative estimate of drug-likeness (QED) is 0.461. The van der Waals surface area contributed by atoms with E-state index in [9.17, 15) is 13.2 Å². The van der Waals surface area contributed by atoms with Gasteiger partial charge >= 0.3 is 0 Å². The second-order valence-corrected chi connectivity index (χ2v) is 9.45. The van der Waals surface area contributed by atoms with Gasteiger partial charge in [0.25, 0.3) is 5.91 Å². The lowest BCUT2D eigenvalue weighted by Gasteiger charge is -2.09. The lowest BCUT2D eigenvalue weighted by molar-refractivity contribution is 0.102. The lowest BCUT2D eigenvalue weighted by Crippen LogP contribution is -2.24. The molecule has 0 atom stereocenters. The Kier molecular flexibility index (Phi) is 7.06. The molecule has 2 aromatic carbocycles. The number of unbranched alkanes of at least 4 members (excludes halogenated alkanes) is 1. The van der Waals surface area contributed by atoms with Gasteiger partial charge in [0, 0.05) is 16.7 Å². The molecule has 7 nitrogen and oxygen atoms in total. The number of carbonyl (C=O) groups is 1. The number of amides is 1. The average molecular weight is 491 g/mol. The highest BCUT2D eigenvalue weighted by Gasteiger charge is 2.17. The molecule has 0 aliphatic rings. The predicted molar refractivity (Wildman–Crippen MR) is 120 cm³/mol. The molecule has 1 amide bonds. The Morgan fingerprint density at radius 3 is 2.60 bits per heavy atom. The van der Waals surface area contributed by atoms with Crippen LogP contribution in [0.15, 0.2) is 64.1 Å². The highest BCUT2D eigenvalue weighted by atomic mass is 79.9. The summed E-state index contributed by atoms with van der Waals surface area (Å²) < 4.78 is 30.0. The third-order valence-electron chi connectivity index (χ3n) is 4.55. The number of nitrogens with one attached hydrogen (secondary N) is 2. The fourth-order valence-corrected chi connectivity index (χ4v) is 4.27. The van der Waals surface area contributed by atoms with Crippen molar-refractivity contribution in [1.82, 2.24) is 14.5 Å². The van der Waals surface area contributed by atoms with E-state index in [2.05, 4.69) is 31.1 Å². The SMILES string of the molecule is CCCCNS(=O)(=O)c1cccc(NC(=O)c2cnn(-c3ccc(Br)cc3)c2C)c1. The van der Waals surface area contributed by atoms with Crippen molar-refractivity contribution >= 4 is 37.5 Å². The van der Waals surface area contributed by atoms with Gasteiger partial charge in [0.15, 0.2) is 0 Å². The van der Waals surface area contributed by atoms with Crippen LogP contribution in [0.1, 0.15) is 35.8 Å². The number of carbonyl (C=O) groups excluding carboxylic acids is 1. The topological polar surface area (TPSA) is 93.1 Å². The molecule has 0 aliphatic heterocycles. The van der Waals surface area contributed by atoms with Gasteiger partial charge in [-0.25, -0.2) is 17.8 Å². The fourth-order valence-electron chi connectivity index (χ4n) is 2.88. The van der Waals surface area contributed by atoms with Crippen molar-refractivity contribution in [2.75, 3.05) is 11.9 Å². The maximum Gasteiger partial charge on any atom is 0.259 e. The maximum atomic E-state index is 12.8. The number of halogens is 1. The molecule has 0 spiro atoms. The highest BCUT2D eigenvalue weighted by molar-refractivity contribution is 9.10. The summed E-state index contributed by atoms with van der Waals surface area (Å²) in [5.41, 5.74) is 2.32. The second-order valence-electron chi connectivity index (χ2n) is 6.77. The zero-order valence-corrected chi connectivity index (χ0v) is 19.1. The van der Waals surface area contributed by atoms with E-state index in [-0.39, 0.29) is 10.8 Å². The third-order valence-corrected chi connectivity index (χ3v) is 6.54. The normalized spacial score (nSPS) is 11.4. The summed E-state index contributed by atoms with van der Waals surface area (Å²) in [6.45, 7) is 4.18. The summed E-state index contributed by atoms with van der Waals surface area (Å²) in [5, 5.41) is 7.07. The van der Waals surface area contributed by atoms with Crippen molar-refractivity contribution in [2.45, 2.75) is 31.6 Å². The van der Waals surface area contributed by atoms with Gasteiger partial charge in [0.05, 0.1) is 28.0 Å². The van der Waals surface area contributed by atoms with E-state index in [1.165, 1.54) is 18.3 Å². The minimum atomic E-state index is -3.62. The first-order valence-electron chi connectivity index (χ1n) is 9.53. The first-order valence-corrected chi connectivity index (χ1v) is 11.8. The van der Waals surface area contributed by atoms with Gasteiger partial charge in [-0.15, -0.1) is 0 Å². The molecule has 0 unspecified atom stereocenters. The molecule has 1 heterocycles. The summed E-state index contributed by atoms with van der Waals surface area (Å²) in [4.78, 5) is 12.9. The molecule has 0 radical (unpaired) electrons. The molecule has 158 valence electrons. The molecule has 1 aromatic heterocycles. The largest absolute Gasteiger partial charge is 0.322 e. The van der Waals surface area contributed by atoms with Crippen LogP contribution in [0.4, 0.5) is 5.69 Å². The summed E-state index contributed by atoms with van der Waals surface area (Å²) in [5.74, 6) is -0.357. The molecule has 9 heteroatoms. The van der Waals surface area contributed by atoms with Gasteiger partial charge in [-0.3, -0.25) is 4.79 Å². The van der Waals surface area contributed by atoms with Crippen LogP contribution < -0.4 is 10.0 Å². The predicted octanol–water partition coefficient (Wildman–Crippen LogP) is 4.27. The monoisotopic (exact) mass is 490 g/mol. The Labute approximate surface area is 184 Å². The molecule has 0 bridgehead atoms. The van der Waals surface area contributed by atoms with Crippen LogP contribution in [-0.4, -0.2) is 30.7 Å². The number of benzene rings is 2. The number of anilines is 1. The van der Waals surface area contributed by atoms with E-state index in [0.29, 0.717) is 23.5 Å². The van der Waals surface area contributed by atoms with E-state index in [4.69, 9.17) is 0 Å². The van der Waals surface area contributed by atoms with Crippen molar-refractivity contribution in [2.24, 2.45) is 0 Å². The van der Waals surface area contributed by atoms with Crippen molar-refractivity contribution in [1.29, 1.82) is 0 Å². The van der Waals surface area contributed by atoms with Crippen LogP contribution in [0.3, 0.4) is 0 Å². The van der Waals surface area contributed by atoms with Gasteiger partial charge < -0.3 is 5.32 Å².